The van der Waals surface area contributed by atoms with Gasteiger partial charge in [-0.1, -0.05) is 24.3 Å². The zero-order valence-electron chi connectivity index (χ0n) is 16.7. The van der Waals surface area contributed by atoms with Crippen LogP contribution in [0.1, 0.15) is 41.6 Å². The molecule has 30 heavy (non-hydrogen) atoms. The summed E-state index contributed by atoms with van der Waals surface area (Å²) in [6.45, 7) is 1.63. The normalized spacial score (nSPS) is 22.3. The Morgan fingerprint density at radius 1 is 1.23 bits per heavy atom. The summed E-state index contributed by atoms with van der Waals surface area (Å²) in [5.41, 5.74) is 3.41. The lowest BCUT2D eigenvalue weighted by molar-refractivity contribution is -0.135. The Hall–Kier alpha value is -3.06. The molecule has 0 aliphatic heterocycles. The van der Waals surface area contributed by atoms with Crippen molar-refractivity contribution in [3.8, 4) is 0 Å². The molecule has 0 saturated carbocycles. The summed E-state index contributed by atoms with van der Waals surface area (Å²) >= 11 is 0. The number of aryl methyl sites for hydroxylation is 1. The first-order valence-corrected chi connectivity index (χ1v) is 9.97. The van der Waals surface area contributed by atoms with E-state index in [9.17, 15) is 18.8 Å². The molecule has 1 unspecified atom stereocenters. The minimum Gasteiger partial charge on any atom is -0.289 e. The molecule has 4 rings (SSSR count). The van der Waals surface area contributed by atoms with Gasteiger partial charge in [-0.05, 0) is 73.9 Å². The SMILES string of the molecule is Cc1c(F)cccc1C1(C(=O)NO)CCc2nn(C3=C(F)/C=C\CCC=C3)cc2C1. The third-order valence-electron chi connectivity index (χ3n) is 6.01. The van der Waals surface area contributed by atoms with Gasteiger partial charge in [-0.15, -0.1) is 0 Å². The van der Waals surface area contributed by atoms with Crippen LogP contribution in [0.15, 0.2) is 54.5 Å². The van der Waals surface area contributed by atoms with Gasteiger partial charge < -0.3 is 0 Å². The highest BCUT2D eigenvalue weighted by Gasteiger charge is 2.45. The lowest BCUT2D eigenvalue weighted by atomic mass is 9.67. The van der Waals surface area contributed by atoms with E-state index in [2.05, 4.69) is 5.10 Å². The summed E-state index contributed by atoms with van der Waals surface area (Å²) < 4.78 is 30.3. The number of benzene rings is 1. The molecule has 0 radical (unpaired) electrons. The third-order valence-corrected chi connectivity index (χ3v) is 6.01. The fraction of sp³-hybridized carbons (Fsp3) is 0.304. The van der Waals surface area contributed by atoms with Gasteiger partial charge in [0.1, 0.15) is 11.6 Å². The largest absolute Gasteiger partial charge is 0.289 e. The molecular weight excluding hydrogens is 388 g/mol. The van der Waals surface area contributed by atoms with E-state index in [1.807, 2.05) is 6.08 Å². The third kappa shape index (κ3) is 3.39. The van der Waals surface area contributed by atoms with Crippen molar-refractivity contribution in [2.75, 3.05) is 0 Å². The van der Waals surface area contributed by atoms with Gasteiger partial charge in [-0.3, -0.25) is 10.0 Å². The van der Waals surface area contributed by atoms with E-state index in [-0.39, 0.29) is 12.2 Å². The maximum Gasteiger partial charge on any atom is 0.254 e. The summed E-state index contributed by atoms with van der Waals surface area (Å²) in [5.74, 6) is -1.38. The van der Waals surface area contributed by atoms with Gasteiger partial charge in [0.05, 0.1) is 16.8 Å². The van der Waals surface area contributed by atoms with Crippen molar-refractivity contribution in [1.29, 1.82) is 0 Å². The maximum absolute atomic E-state index is 14.6. The minimum atomic E-state index is -1.13. The number of fused-ring (bicyclic) bond motifs is 1. The number of carbonyl (C=O) groups excluding carboxylic acids is 1. The van der Waals surface area contributed by atoms with Gasteiger partial charge in [0.25, 0.3) is 5.91 Å². The Morgan fingerprint density at radius 2 is 2.00 bits per heavy atom. The monoisotopic (exact) mass is 411 g/mol. The van der Waals surface area contributed by atoms with Crippen molar-refractivity contribution in [2.45, 2.75) is 44.4 Å². The number of allylic oxidation sites excluding steroid dienone is 6. The molecule has 1 amide bonds. The van der Waals surface area contributed by atoms with Crippen molar-refractivity contribution < 1.29 is 18.8 Å². The summed E-state index contributed by atoms with van der Waals surface area (Å²) in [6.07, 6.45) is 11.2. The number of aromatic nitrogens is 2. The van der Waals surface area contributed by atoms with E-state index in [0.29, 0.717) is 29.7 Å². The van der Waals surface area contributed by atoms with Crippen molar-refractivity contribution in [2.24, 2.45) is 0 Å². The van der Waals surface area contributed by atoms with E-state index in [0.717, 1.165) is 24.1 Å². The van der Waals surface area contributed by atoms with Crippen molar-refractivity contribution in [3.05, 3.63) is 82.7 Å². The first-order valence-electron chi connectivity index (χ1n) is 9.97. The first kappa shape index (κ1) is 20.2. The van der Waals surface area contributed by atoms with E-state index >= 15 is 0 Å². The number of rotatable bonds is 3. The van der Waals surface area contributed by atoms with Crippen molar-refractivity contribution in [1.82, 2.24) is 15.3 Å². The summed E-state index contributed by atoms with van der Waals surface area (Å²) in [4.78, 5) is 12.8. The van der Waals surface area contributed by atoms with E-state index < -0.39 is 17.1 Å². The topological polar surface area (TPSA) is 67.2 Å². The predicted molar refractivity (Wildman–Crippen MR) is 109 cm³/mol. The molecule has 0 spiro atoms. The lowest BCUT2D eigenvalue weighted by Crippen LogP contribution is -2.47. The summed E-state index contributed by atoms with van der Waals surface area (Å²) in [5, 5.41) is 14.0. The fourth-order valence-corrected chi connectivity index (χ4v) is 4.38. The van der Waals surface area contributed by atoms with E-state index in [4.69, 9.17) is 0 Å². The van der Waals surface area contributed by atoms with Gasteiger partial charge >= 0.3 is 0 Å². The highest BCUT2D eigenvalue weighted by atomic mass is 19.1. The van der Waals surface area contributed by atoms with Gasteiger partial charge in [-0.2, -0.15) is 5.10 Å². The highest BCUT2D eigenvalue weighted by Crippen LogP contribution is 2.41. The first-order chi connectivity index (χ1) is 14.5. The smallest absolute Gasteiger partial charge is 0.254 e. The number of hydrogen-bond acceptors (Lipinski definition) is 3. The van der Waals surface area contributed by atoms with Crippen molar-refractivity contribution in [3.63, 3.8) is 0 Å². The molecule has 156 valence electrons. The van der Waals surface area contributed by atoms with Crippen LogP contribution >= 0.6 is 0 Å². The van der Waals surface area contributed by atoms with Crippen molar-refractivity contribution >= 4 is 11.6 Å². The molecule has 7 heteroatoms. The molecule has 5 nitrogen and oxygen atoms in total. The zero-order valence-corrected chi connectivity index (χ0v) is 16.7. The molecule has 1 heterocycles. The standard InChI is InChI=1S/C23H23F2N3O2/c1-15-17(7-6-9-18(15)24)23(22(29)27-30)12-11-20-16(13-23)14-28(26-20)21-10-5-3-2-4-8-19(21)25/h4-10,14,30H,2-3,11-13H2,1H3,(H,27,29)/b8-4-,10-5?,21-19?. The van der Waals surface area contributed by atoms with Gasteiger partial charge in [0.2, 0.25) is 0 Å². The Labute approximate surface area is 173 Å². The number of halogens is 2. The number of nitrogens with one attached hydrogen (secondary N) is 1. The van der Waals surface area contributed by atoms with Crippen LogP contribution < -0.4 is 5.48 Å². The van der Waals surface area contributed by atoms with Crippen LogP contribution in [0.4, 0.5) is 8.78 Å². The summed E-state index contributed by atoms with van der Waals surface area (Å²) in [6, 6.07) is 4.63. The molecule has 0 saturated heterocycles. The maximum atomic E-state index is 14.6. The minimum absolute atomic E-state index is 0.230. The quantitative estimate of drug-likeness (QED) is 0.584. The second-order valence-corrected chi connectivity index (χ2v) is 7.77. The van der Waals surface area contributed by atoms with E-state index in [1.165, 1.54) is 16.8 Å². The second kappa shape index (κ2) is 7.99. The molecule has 0 bridgehead atoms. The zero-order chi connectivity index (χ0) is 21.3. The molecule has 2 aliphatic rings. The number of carbonyl (C=O) groups is 1. The van der Waals surface area contributed by atoms with Crippen LogP contribution in [0.2, 0.25) is 0 Å². The van der Waals surface area contributed by atoms with Gasteiger partial charge in [0, 0.05) is 6.20 Å². The lowest BCUT2D eigenvalue weighted by Gasteiger charge is -2.36. The average Bonchev–Trinajstić information content (AvgIpc) is 3.14. The van der Waals surface area contributed by atoms with Crippen LogP contribution in [-0.4, -0.2) is 20.9 Å². The highest BCUT2D eigenvalue weighted by molar-refractivity contribution is 5.88. The Bertz CT molecular complexity index is 1080. The summed E-state index contributed by atoms with van der Waals surface area (Å²) in [7, 11) is 0. The Kier molecular flexibility index (Phi) is 5.39. The molecule has 2 N–H and O–H groups in total. The molecule has 2 aliphatic carbocycles. The molecule has 2 aromatic rings. The fourth-order valence-electron chi connectivity index (χ4n) is 4.38. The predicted octanol–water partition coefficient (Wildman–Crippen LogP) is 4.31. The number of hydrogen-bond donors (Lipinski definition) is 2. The van der Waals surface area contributed by atoms with E-state index in [1.54, 1.807) is 42.9 Å². The van der Waals surface area contributed by atoms with Crippen LogP contribution in [0, 0.1) is 12.7 Å². The van der Waals surface area contributed by atoms with Crippen LogP contribution in [-0.2, 0) is 23.1 Å². The molecule has 1 atom stereocenters. The van der Waals surface area contributed by atoms with Gasteiger partial charge in [-0.25, -0.2) is 18.9 Å². The second-order valence-electron chi connectivity index (χ2n) is 7.77. The Balaban J connectivity index is 1.79. The number of hydroxylamine groups is 1. The Morgan fingerprint density at radius 3 is 2.77 bits per heavy atom. The number of nitrogens with zero attached hydrogens (tertiary/aromatic N) is 2. The van der Waals surface area contributed by atoms with Gasteiger partial charge in [0.15, 0.2) is 0 Å². The molecule has 1 aromatic carbocycles. The average molecular weight is 411 g/mol. The van der Waals surface area contributed by atoms with Crippen LogP contribution in [0.25, 0.3) is 5.70 Å². The molecule has 1 aromatic heterocycles. The molecular formula is C23H23F2N3O2. The number of amides is 1. The van der Waals surface area contributed by atoms with Crippen LogP contribution in [0.5, 0.6) is 0 Å². The van der Waals surface area contributed by atoms with Crippen LogP contribution in [0.3, 0.4) is 0 Å². The molecule has 0 fully saturated rings.